The molecule has 0 aromatic heterocycles. The largest absolute Gasteiger partial charge is 0.409 e. The zero-order chi connectivity index (χ0) is 15.4. The van der Waals surface area contributed by atoms with E-state index in [0.29, 0.717) is 15.7 Å². The lowest BCUT2D eigenvalue weighted by atomic mass is 10.1. The number of halogens is 2. The van der Waals surface area contributed by atoms with Crippen LogP contribution in [0.25, 0.3) is 0 Å². The van der Waals surface area contributed by atoms with Gasteiger partial charge in [0.15, 0.2) is 5.84 Å². The molecule has 2 rings (SSSR count). The van der Waals surface area contributed by atoms with E-state index in [0.717, 1.165) is 0 Å². The third-order valence-electron chi connectivity index (χ3n) is 2.74. The van der Waals surface area contributed by atoms with Crippen LogP contribution in [-0.4, -0.2) is 17.0 Å². The Balaban J connectivity index is 2.25. The Kier molecular flexibility index (Phi) is 4.54. The minimum Gasteiger partial charge on any atom is -0.409 e. The van der Waals surface area contributed by atoms with Gasteiger partial charge in [-0.05, 0) is 46.3 Å². The second-order valence-corrected chi connectivity index (χ2v) is 4.97. The lowest BCUT2D eigenvalue weighted by Gasteiger charge is -2.09. The van der Waals surface area contributed by atoms with Gasteiger partial charge in [-0.25, -0.2) is 4.39 Å². The summed E-state index contributed by atoms with van der Waals surface area (Å²) in [6, 6.07) is 10.4. The van der Waals surface area contributed by atoms with E-state index in [1.54, 1.807) is 24.3 Å². The zero-order valence-electron chi connectivity index (χ0n) is 10.7. The fourth-order valence-electron chi connectivity index (χ4n) is 1.67. The minimum atomic E-state index is -0.598. The van der Waals surface area contributed by atoms with Gasteiger partial charge in [0.1, 0.15) is 5.82 Å². The molecular weight excluding hydrogens is 341 g/mol. The van der Waals surface area contributed by atoms with Gasteiger partial charge in [0, 0.05) is 10.0 Å². The van der Waals surface area contributed by atoms with Gasteiger partial charge >= 0.3 is 0 Å². The fraction of sp³-hybridized carbons (Fsp3) is 0. The van der Waals surface area contributed by atoms with E-state index in [1.807, 2.05) is 0 Å². The molecule has 0 unspecified atom stereocenters. The monoisotopic (exact) mass is 351 g/mol. The van der Waals surface area contributed by atoms with Gasteiger partial charge in [-0.2, -0.15) is 0 Å². The number of oxime groups is 1. The van der Waals surface area contributed by atoms with Gasteiger partial charge in [-0.15, -0.1) is 0 Å². The standard InChI is InChI=1S/C14H11BrFN3O2/c15-10-7-8(13(17)19-21)5-6-12(10)18-14(20)9-3-1-2-4-11(9)16/h1-7,21H,(H2,17,19)(H,18,20). The summed E-state index contributed by atoms with van der Waals surface area (Å²) in [5, 5.41) is 14.1. The fourth-order valence-corrected chi connectivity index (χ4v) is 2.15. The molecule has 1 amide bonds. The van der Waals surface area contributed by atoms with Crippen molar-refractivity contribution < 1.29 is 14.4 Å². The molecule has 0 aliphatic heterocycles. The maximum Gasteiger partial charge on any atom is 0.258 e. The van der Waals surface area contributed by atoms with Crippen LogP contribution in [0.5, 0.6) is 0 Å². The van der Waals surface area contributed by atoms with E-state index in [9.17, 15) is 9.18 Å². The first-order chi connectivity index (χ1) is 10.0. The van der Waals surface area contributed by atoms with Gasteiger partial charge in [0.2, 0.25) is 0 Å². The Morgan fingerprint density at radius 2 is 2.00 bits per heavy atom. The van der Waals surface area contributed by atoms with Crippen molar-refractivity contribution in [2.45, 2.75) is 0 Å². The first-order valence-electron chi connectivity index (χ1n) is 5.86. The number of nitrogens with one attached hydrogen (secondary N) is 1. The van der Waals surface area contributed by atoms with Crippen LogP contribution < -0.4 is 11.1 Å². The van der Waals surface area contributed by atoms with Crippen molar-refractivity contribution in [2.75, 3.05) is 5.32 Å². The summed E-state index contributed by atoms with van der Waals surface area (Å²) >= 11 is 3.26. The average molecular weight is 352 g/mol. The molecule has 0 saturated heterocycles. The minimum absolute atomic E-state index is 0.0510. The quantitative estimate of drug-likeness (QED) is 0.344. The summed E-state index contributed by atoms with van der Waals surface area (Å²) in [7, 11) is 0. The number of benzene rings is 2. The molecule has 7 heteroatoms. The third kappa shape index (κ3) is 3.38. The smallest absolute Gasteiger partial charge is 0.258 e. The number of carbonyl (C=O) groups excluding carboxylic acids is 1. The van der Waals surface area contributed by atoms with Crippen LogP contribution >= 0.6 is 15.9 Å². The molecule has 0 saturated carbocycles. The summed E-state index contributed by atoms with van der Waals surface area (Å²) in [6.45, 7) is 0. The molecule has 2 aromatic rings. The van der Waals surface area contributed by atoms with Gasteiger partial charge in [-0.1, -0.05) is 17.3 Å². The van der Waals surface area contributed by atoms with E-state index in [4.69, 9.17) is 10.9 Å². The number of amidine groups is 1. The third-order valence-corrected chi connectivity index (χ3v) is 3.40. The highest BCUT2D eigenvalue weighted by molar-refractivity contribution is 9.10. The van der Waals surface area contributed by atoms with Crippen LogP contribution in [0.15, 0.2) is 52.1 Å². The number of amides is 1. The first-order valence-corrected chi connectivity index (χ1v) is 6.65. The zero-order valence-corrected chi connectivity index (χ0v) is 12.3. The molecule has 108 valence electrons. The Labute approximate surface area is 128 Å². The summed E-state index contributed by atoms with van der Waals surface area (Å²) in [5.74, 6) is -1.22. The Morgan fingerprint density at radius 1 is 1.29 bits per heavy atom. The molecule has 0 heterocycles. The van der Waals surface area contributed by atoms with Crippen LogP contribution in [0.2, 0.25) is 0 Å². The molecule has 4 N–H and O–H groups in total. The number of carbonyl (C=O) groups is 1. The van der Waals surface area contributed by atoms with E-state index in [1.165, 1.54) is 18.2 Å². The molecule has 0 bridgehead atoms. The molecule has 21 heavy (non-hydrogen) atoms. The number of anilines is 1. The van der Waals surface area contributed by atoms with Crippen LogP contribution in [0.1, 0.15) is 15.9 Å². The van der Waals surface area contributed by atoms with Crippen molar-refractivity contribution in [3.63, 3.8) is 0 Å². The molecule has 0 atom stereocenters. The summed E-state index contributed by atoms with van der Waals surface area (Å²) < 4.78 is 14.1. The maximum absolute atomic E-state index is 13.5. The van der Waals surface area contributed by atoms with Crippen LogP contribution in [0.3, 0.4) is 0 Å². The molecule has 0 radical (unpaired) electrons. The second-order valence-electron chi connectivity index (χ2n) is 4.11. The molecule has 5 nitrogen and oxygen atoms in total. The van der Waals surface area contributed by atoms with E-state index < -0.39 is 11.7 Å². The van der Waals surface area contributed by atoms with Crippen LogP contribution in [-0.2, 0) is 0 Å². The van der Waals surface area contributed by atoms with Gasteiger partial charge in [-0.3, -0.25) is 4.79 Å². The predicted octanol–water partition coefficient (Wildman–Crippen LogP) is 2.94. The van der Waals surface area contributed by atoms with Crippen molar-refractivity contribution in [1.29, 1.82) is 0 Å². The Bertz CT molecular complexity index is 719. The number of hydrogen-bond acceptors (Lipinski definition) is 3. The SMILES string of the molecule is N/C(=N/O)c1ccc(NC(=O)c2ccccc2F)c(Br)c1. The molecule has 2 aromatic carbocycles. The summed E-state index contributed by atoms with van der Waals surface area (Å²) in [5.41, 5.74) is 6.34. The normalized spacial score (nSPS) is 11.2. The van der Waals surface area contributed by atoms with E-state index >= 15 is 0 Å². The highest BCUT2D eigenvalue weighted by Gasteiger charge is 2.13. The highest BCUT2D eigenvalue weighted by Crippen LogP contribution is 2.24. The molecule has 0 spiro atoms. The lowest BCUT2D eigenvalue weighted by Crippen LogP contribution is -2.15. The van der Waals surface area contributed by atoms with Crippen molar-refractivity contribution in [2.24, 2.45) is 10.9 Å². The van der Waals surface area contributed by atoms with E-state index in [-0.39, 0.29) is 11.4 Å². The number of hydrogen-bond donors (Lipinski definition) is 3. The topological polar surface area (TPSA) is 87.7 Å². The number of rotatable bonds is 3. The van der Waals surface area contributed by atoms with Crippen LogP contribution in [0, 0.1) is 5.82 Å². The van der Waals surface area contributed by atoms with Gasteiger partial charge in [0.05, 0.1) is 11.3 Å². The van der Waals surface area contributed by atoms with E-state index in [2.05, 4.69) is 26.4 Å². The summed E-state index contributed by atoms with van der Waals surface area (Å²) in [4.78, 5) is 12.0. The van der Waals surface area contributed by atoms with Crippen molar-refractivity contribution in [3.8, 4) is 0 Å². The van der Waals surface area contributed by atoms with Gasteiger partial charge < -0.3 is 16.3 Å². The molecule has 0 aliphatic rings. The average Bonchev–Trinajstić information content (AvgIpc) is 2.48. The van der Waals surface area contributed by atoms with Crippen molar-refractivity contribution in [1.82, 2.24) is 0 Å². The highest BCUT2D eigenvalue weighted by atomic mass is 79.9. The van der Waals surface area contributed by atoms with Gasteiger partial charge in [0.25, 0.3) is 5.91 Å². The summed E-state index contributed by atoms with van der Waals surface area (Å²) in [6.07, 6.45) is 0. The van der Waals surface area contributed by atoms with Crippen molar-refractivity contribution >= 4 is 33.4 Å². The van der Waals surface area contributed by atoms with Crippen molar-refractivity contribution in [3.05, 3.63) is 63.9 Å². The second kappa shape index (κ2) is 6.36. The number of nitrogens with two attached hydrogens (primary N) is 1. The first kappa shape index (κ1) is 15.0. The molecule has 0 fully saturated rings. The predicted molar refractivity (Wildman–Crippen MR) is 81.0 cm³/mol. The number of nitrogens with zero attached hydrogens (tertiary/aromatic N) is 1. The lowest BCUT2D eigenvalue weighted by molar-refractivity contribution is 0.102. The Morgan fingerprint density at radius 3 is 2.62 bits per heavy atom. The van der Waals surface area contributed by atoms with Crippen LogP contribution in [0.4, 0.5) is 10.1 Å². The molecular formula is C14H11BrFN3O2. The maximum atomic E-state index is 13.5. The Hall–Kier alpha value is -2.41. The molecule has 0 aliphatic carbocycles.